The lowest BCUT2D eigenvalue weighted by molar-refractivity contribution is 0.615. The molecule has 0 heterocycles. The van der Waals surface area contributed by atoms with Crippen molar-refractivity contribution in [1.29, 1.82) is 0 Å². The van der Waals surface area contributed by atoms with E-state index in [2.05, 4.69) is 6.58 Å². The van der Waals surface area contributed by atoms with Gasteiger partial charge in [-0.3, -0.25) is 0 Å². The van der Waals surface area contributed by atoms with Crippen molar-refractivity contribution >= 4 is 6.08 Å². The van der Waals surface area contributed by atoms with Gasteiger partial charge in [-0.15, -0.1) is 0 Å². The molecule has 0 radical (unpaired) electrons. The third-order valence-electron chi connectivity index (χ3n) is 2.14. The second kappa shape index (κ2) is 6.36. The van der Waals surface area contributed by atoms with Crippen molar-refractivity contribution in [1.82, 2.24) is 0 Å². The monoisotopic (exact) mass is 194 g/mol. The van der Waals surface area contributed by atoms with Crippen molar-refractivity contribution in [2.24, 2.45) is 0 Å². The molecule has 0 saturated carbocycles. The van der Waals surface area contributed by atoms with Crippen molar-refractivity contribution < 1.29 is 4.39 Å². The second-order valence-corrected chi connectivity index (χ2v) is 2.80. The molecule has 1 rings (SSSR count). The number of rotatable bonds is 2. The van der Waals surface area contributed by atoms with E-state index in [9.17, 15) is 4.39 Å². The lowest BCUT2D eigenvalue weighted by Crippen LogP contribution is -1.94. The van der Waals surface area contributed by atoms with Crippen LogP contribution in [0.2, 0.25) is 0 Å². The Labute approximate surface area is 86.5 Å². The number of hydrogen-bond acceptors (Lipinski definition) is 0. The minimum Gasteiger partial charge on any atom is -0.207 e. The fourth-order valence-electron chi connectivity index (χ4n) is 1.41. The average Bonchev–Trinajstić information content (AvgIpc) is 2.24. The quantitative estimate of drug-likeness (QED) is 0.656. The Morgan fingerprint density at radius 2 is 1.93 bits per heavy atom. The number of benzene rings is 1. The smallest absolute Gasteiger partial charge is 0.126 e. The number of halogens is 1. The molecule has 0 N–H and O–H groups in total. The Bertz CT molecular complexity index is 300. The zero-order chi connectivity index (χ0) is 11.1. The van der Waals surface area contributed by atoms with E-state index in [0.717, 1.165) is 23.1 Å². The van der Waals surface area contributed by atoms with Gasteiger partial charge in [0.05, 0.1) is 0 Å². The lowest BCUT2D eigenvalue weighted by atomic mass is 9.99. The van der Waals surface area contributed by atoms with E-state index in [-0.39, 0.29) is 5.82 Å². The van der Waals surface area contributed by atoms with Crippen LogP contribution in [-0.2, 0) is 6.42 Å². The summed E-state index contributed by atoms with van der Waals surface area (Å²) in [6, 6.07) is 3.26. The van der Waals surface area contributed by atoms with Crippen LogP contribution >= 0.6 is 0 Å². The number of hydrogen-bond donors (Lipinski definition) is 0. The van der Waals surface area contributed by atoms with Crippen molar-refractivity contribution in [3.05, 3.63) is 41.2 Å². The van der Waals surface area contributed by atoms with Crippen LogP contribution in [0.4, 0.5) is 4.39 Å². The van der Waals surface area contributed by atoms with E-state index in [1.165, 1.54) is 6.07 Å². The summed E-state index contributed by atoms with van der Waals surface area (Å²) in [4.78, 5) is 0. The van der Waals surface area contributed by atoms with Crippen LogP contribution in [0.3, 0.4) is 0 Å². The molecule has 0 nitrogen and oxygen atoms in total. The first-order valence-electron chi connectivity index (χ1n) is 5.11. The van der Waals surface area contributed by atoms with Gasteiger partial charge in [0.15, 0.2) is 0 Å². The maximum Gasteiger partial charge on any atom is 0.126 e. The predicted octanol–water partition coefficient (Wildman–Crippen LogP) is 4.37. The lowest BCUT2D eigenvalue weighted by Gasteiger charge is -2.07. The minimum absolute atomic E-state index is 0.127. The summed E-state index contributed by atoms with van der Waals surface area (Å²) in [5.41, 5.74) is 2.84. The van der Waals surface area contributed by atoms with E-state index in [0.29, 0.717) is 0 Å². The fraction of sp³-hybridized carbons (Fsp3) is 0.385. The summed E-state index contributed by atoms with van der Waals surface area (Å²) < 4.78 is 13.0. The van der Waals surface area contributed by atoms with Crippen LogP contribution in [0.1, 0.15) is 37.5 Å². The molecule has 0 unspecified atom stereocenters. The van der Waals surface area contributed by atoms with Crippen molar-refractivity contribution in [2.75, 3.05) is 0 Å². The molecule has 0 bridgehead atoms. The van der Waals surface area contributed by atoms with Crippen LogP contribution in [0.5, 0.6) is 0 Å². The second-order valence-electron chi connectivity index (χ2n) is 2.80. The molecule has 0 aliphatic heterocycles. The summed E-state index contributed by atoms with van der Waals surface area (Å²) in [6.07, 6.45) is 2.62. The van der Waals surface area contributed by atoms with Crippen molar-refractivity contribution in [3.63, 3.8) is 0 Å². The molecule has 1 aromatic carbocycles. The van der Waals surface area contributed by atoms with Gasteiger partial charge < -0.3 is 0 Å². The highest BCUT2D eigenvalue weighted by Crippen LogP contribution is 2.18. The molecule has 78 valence electrons. The largest absolute Gasteiger partial charge is 0.207 e. The molecule has 1 aromatic rings. The van der Waals surface area contributed by atoms with Crippen LogP contribution in [0.15, 0.2) is 18.7 Å². The van der Waals surface area contributed by atoms with Crippen LogP contribution < -0.4 is 0 Å². The Morgan fingerprint density at radius 1 is 1.36 bits per heavy atom. The molecule has 0 aliphatic carbocycles. The van der Waals surface area contributed by atoms with Crippen LogP contribution in [-0.4, -0.2) is 0 Å². The normalized spacial score (nSPS) is 8.93. The zero-order valence-electron chi connectivity index (χ0n) is 9.52. The molecule has 0 amide bonds. The van der Waals surface area contributed by atoms with Gasteiger partial charge in [0.25, 0.3) is 0 Å². The molecule has 0 aliphatic rings. The molecule has 14 heavy (non-hydrogen) atoms. The van der Waals surface area contributed by atoms with Crippen LogP contribution in [0, 0.1) is 12.7 Å². The van der Waals surface area contributed by atoms with Gasteiger partial charge in [-0.2, -0.15) is 0 Å². The molecule has 0 saturated heterocycles. The highest BCUT2D eigenvalue weighted by molar-refractivity contribution is 5.54. The van der Waals surface area contributed by atoms with Gasteiger partial charge in [0, 0.05) is 0 Å². The summed E-state index contributed by atoms with van der Waals surface area (Å²) in [7, 11) is 0. The minimum atomic E-state index is -0.127. The van der Waals surface area contributed by atoms with E-state index in [1.54, 1.807) is 19.1 Å². The zero-order valence-corrected chi connectivity index (χ0v) is 9.52. The highest BCUT2D eigenvalue weighted by atomic mass is 19.1. The van der Waals surface area contributed by atoms with Crippen LogP contribution in [0.25, 0.3) is 6.08 Å². The third kappa shape index (κ3) is 2.69. The molecular formula is C13H19F. The Balaban J connectivity index is 0.000000791. The molecular weight excluding hydrogens is 175 g/mol. The molecule has 0 fully saturated rings. The van der Waals surface area contributed by atoms with Gasteiger partial charge in [0.1, 0.15) is 5.82 Å². The van der Waals surface area contributed by atoms with E-state index < -0.39 is 0 Å². The fourth-order valence-corrected chi connectivity index (χ4v) is 1.41. The summed E-state index contributed by atoms with van der Waals surface area (Å²) in [5, 5.41) is 0. The predicted molar refractivity (Wildman–Crippen MR) is 62.0 cm³/mol. The molecule has 0 aromatic heterocycles. The maximum absolute atomic E-state index is 13.0. The summed E-state index contributed by atoms with van der Waals surface area (Å²) >= 11 is 0. The first-order valence-corrected chi connectivity index (χ1v) is 5.11. The Hall–Kier alpha value is -1.11. The Morgan fingerprint density at radius 3 is 2.36 bits per heavy atom. The summed E-state index contributed by atoms with van der Waals surface area (Å²) in [6.45, 7) is 11.5. The van der Waals surface area contributed by atoms with E-state index >= 15 is 0 Å². The Kier molecular flexibility index (Phi) is 5.86. The summed E-state index contributed by atoms with van der Waals surface area (Å²) in [5.74, 6) is -0.127. The highest BCUT2D eigenvalue weighted by Gasteiger charge is 2.05. The SMILES string of the molecule is C=Cc1ccc(F)c(C)c1CC.CC. The van der Waals surface area contributed by atoms with Gasteiger partial charge >= 0.3 is 0 Å². The average molecular weight is 194 g/mol. The first kappa shape index (κ1) is 12.9. The van der Waals surface area contributed by atoms with Crippen molar-refractivity contribution in [3.8, 4) is 0 Å². The molecule has 1 heteroatoms. The van der Waals surface area contributed by atoms with Crippen molar-refractivity contribution in [2.45, 2.75) is 34.1 Å². The standard InChI is InChI=1S/C11H13F.C2H6/c1-4-9-6-7-11(12)8(3)10(9)5-2;1-2/h4,6-7H,1,5H2,2-3H3;1-2H3. The van der Waals surface area contributed by atoms with Gasteiger partial charge in [0.2, 0.25) is 0 Å². The molecule has 0 spiro atoms. The van der Waals surface area contributed by atoms with E-state index in [1.807, 2.05) is 20.8 Å². The topological polar surface area (TPSA) is 0 Å². The third-order valence-corrected chi connectivity index (χ3v) is 2.14. The van der Waals surface area contributed by atoms with Gasteiger partial charge in [-0.05, 0) is 36.1 Å². The first-order chi connectivity index (χ1) is 6.70. The van der Waals surface area contributed by atoms with E-state index in [4.69, 9.17) is 0 Å². The maximum atomic E-state index is 13.0. The molecule has 0 atom stereocenters. The van der Waals surface area contributed by atoms with Gasteiger partial charge in [-0.1, -0.05) is 39.5 Å². The van der Waals surface area contributed by atoms with Gasteiger partial charge in [-0.25, -0.2) is 4.39 Å².